The molecule has 0 saturated heterocycles. The maximum atomic E-state index is 7.04. The van der Waals surface area contributed by atoms with Gasteiger partial charge in [0.2, 0.25) is 0 Å². The van der Waals surface area contributed by atoms with Crippen LogP contribution in [0.15, 0.2) is 192 Å². The number of benzene rings is 9. The number of thiophene rings is 1. The minimum atomic E-state index is -0.0828. The number of rotatable bonds is 5. The lowest BCUT2D eigenvalue weighted by molar-refractivity contribution is 0.660. The van der Waals surface area contributed by atoms with Crippen LogP contribution in [0.4, 0.5) is 17.1 Å². The van der Waals surface area contributed by atoms with Crippen LogP contribution in [0.1, 0.15) is 25.0 Å². The first kappa shape index (κ1) is 33.2. The topological polar surface area (TPSA) is 16.4 Å². The van der Waals surface area contributed by atoms with Gasteiger partial charge in [0.15, 0.2) is 5.58 Å². The van der Waals surface area contributed by atoms with Gasteiger partial charge in [-0.25, -0.2) is 0 Å². The van der Waals surface area contributed by atoms with Crippen molar-refractivity contribution in [2.24, 2.45) is 0 Å². The Balaban J connectivity index is 1.08. The summed E-state index contributed by atoms with van der Waals surface area (Å²) in [6.07, 6.45) is 0. The molecule has 0 bridgehead atoms. The van der Waals surface area contributed by atoms with Gasteiger partial charge in [0.05, 0.1) is 11.4 Å². The SMILES string of the molecule is CC1(C)c2ccccc2-c2ccc(-c3cccc(N(c4ccccc4-c4ccc5sc6ccccc6c5c4)c4cccc5c4oc4c6ccccc6ccc54)c3)cc21. The predicted octanol–water partition coefficient (Wildman–Crippen LogP) is 16.2. The number of nitrogens with zero attached hydrogens (tertiary/aromatic N) is 1. The molecule has 9 aromatic carbocycles. The molecule has 0 fully saturated rings. The zero-order chi connectivity index (χ0) is 38.5. The van der Waals surface area contributed by atoms with Gasteiger partial charge in [-0.15, -0.1) is 11.3 Å². The van der Waals surface area contributed by atoms with Crippen molar-refractivity contribution >= 4 is 81.3 Å². The Labute approximate surface area is 340 Å². The van der Waals surface area contributed by atoms with Crippen molar-refractivity contribution in [1.82, 2.24) is 0 Å². The maximum Gasteiger partial charge on any atom is 0.159 e. The van der Waals surface area contributed by atoms with Crippen molar-refractivity contribution in [3.8, 4) is 33.4 Å². The second kappa shape index (κ2) is 12.5. The smallest absolute Gasteiger partial charge is 0.159 e. The van der Waals surface area contributed by atoms with Crippen LogP contribution >= 0.6 is 11.3 Å². The zero-order valence-electron chi connectivity index (χ0n) is 32.2. The first-order valence-corrected chi connectivity index (χ1v) is 20.8. The van der Waals surface area contributed by atoms with Crippen molar-refractivity contribution in [1.29, 1.82) is 0 Å². The monoisotopic (exact) mass is 759 g/mol. The van der Waals surface area contributed by atoms with Crippen molar-refractivity contribution in [3.05, 3.63) is 199 Å². The van der Waals surface area contributed by atoms with Crippen LogP contribution in [-0.2, 0) is 5.41 Å². The van der Waals surface area contributed by atoms with Gasteiger partial charge in [0.25, 0.3) is 0 Å². The fraction of sp³-hybridized carbons (Fsp3) is 0.0545. The van der Waals surface area contributed by atoms with Crippen LogP contribution in [-0.4, -0.2) is 0 Å². The number of fused-ring (bicyclic) bond motifs is 11. The third-order valence-electron chi connectivity index (χ3n) is 12.5. The molecular weight excluding hydrogens is 723 g/mol. The Morgan fingerprint density at radius 2 is 1.09 bits per heavy atom. The van der Waals surface area contributed by atoms with Crippen LogP contribution in [0.25, 0.3) is 86.3 Å². The van der Waals surface area contributed by atoms with E-state index >= 15 is 0 Å². The van der Waals surface area contributed by atoms with Crippen molar-refractivity contribution in [3.63, 3.8) is 0 Å². The highest BCUT2D eigenvalue weighted by Crippen LogP contribution is 2.51. The van der Waals surface area contributed by atoms with Gasteiger partial charge >= 0.3 is 0 Å². The molecule has 0 spiro atoms. The van der Waals surface area contributed by atoms with E-state index in [1.54, 1.807) is 0 Å². The van der Waals surface area contributed by atoms with Crippen molar-refractivity contribution in [2.45, 2.75) is 19.3 Å². The molecule has 2 heterocycles. The Bertz CT molecular complexity index is 3460. The number of furan rings is 1. The standard InChI is InChI=1S/C55H37NOS/c1-55(2)47-21-8-5-18-41(47)42-28-26-36(33-48(42)55)35-14-11-15-38(31-35)56(50-23-12-20-44-45-29-25-34-13-3-4-17-40(34)53(45)57-54(44)50)49-22-9-6-16-39(49)37-27-30-52-46(32-37)43-19-7-10-24-51(43)58-52/h3-33H,1-2H3. The first-order chi connectivity index (χ1) is 28.5. The van der Waals surface area contributed by atoms with Gasteiger partial charge in [-0.3, -0.25) is 0 Å². The quantitative estimate of drug-likeness (QED) is 0.174. The molecule has 0 radical (unpaired) electrons. The molecule has 1 aliphatic rings. The van der Waals surface area contributed by atoms with E-state index in [-0.39, 0.29) is 5.41 Å². The minimum absolute atomic E-state index is 0.0828. The second-order valence-corrected chi connectivity index (χ2v) is 17.1. The van der Waals surface area contributed by atoms with E-state index in [0.717, 1.165) is 50.0 Å². The number of para-hydroxylation sites is 2. The lowest BCUT2D eigenvalue weighted by Gasteiger charge is -2.28. The molecule has 1 aliphatic carbocycles. The minimum Gasteiger partial charge on any atom is -0.453 e. The fourth-order valence-corrected chi connectivity index (χ4v) is 10.7. The van der Waals surface area contributed by atoms with Gasteiger partial charge in [0.1, 0.15) is 5.58 Å². The summed E-state index contributed by atoms with van der Waals surface area (Å²) in [7, 11) is 0. The average Bonchev–Trinajstić information content (AvgIpc) is 3.92. The predicted molar refractivity (Wildman–Crippen MR) is 247 cm³/mol. The molecule has 0 aliphatic heterocycles. The molecule has 11 aromatic rings. The molecule has 274 valence electrons. The summed E-state index contributed by atoms with van der Waals surface area (Å²) in [4.78, 5) is 2.41. The van der Waals surface area contributed by atoms with E-state index in [1.165, 1.54) is 64.5 Å². The number of hydrogen-bond acceptors (Lipinski definition) is 3. The van der Waals surface area contributed by atoms with E-state index in [4.69, 9.17) is 4.42 Å². The average molecular weight is 760 g/mol. The van der Waals surface area contributed by atoms with Crippen LogP contribution in [0.2, 0.25) is 0 Å². The van der Waals surface area contributed by atoms with Crippen LogP contribution in [0.5, 0.6) is 0 Å². The highest BCUT2D eigenvalue weighted by molar-refractivity contribution is 7.25. The Hall–Kier alpha value is -6.94. The summed E-state index contributed by atoms with van der Waals surface area (Å²) in [5.74, 6) is 0. The molecule has 0 N–H and O–H groups in total. The highest BCUT2D eigenvalue weighted by atomic mass is 32.1. The molecule has 3 heteroatoms. The molecule has 0 amide bonds. The summed E-state index contributed by atoms with van der Waals surface area (Å²) in [6.45, 7) is 4.70. The molecule has 12 rings (SSSR count). The van der Waals surface area contributed by atoms with Gasteiger partial charge in [-0.1, -0.05) is 147 Å². The summed E-state index contributed by atoms with van der Waals surface area (Å²) in [5.41, 5.74) is 15.0. The van der Waals surface area contributed by atoms with Crippen LogP contribution < -0.4 is 4.90 Å². The Morgan fingerprint density at radius 1 is 0.414 bits per heavy atom. The van der Waals surface area contributed by atoms with E-state index in [9.17, 15) is 0 Å². The van der Waals surface area contributed by atoms with E-state index in [2.05, 4.69) is 207 Å². The maximum absolute atomic E-state index is 7.04. The molecule has 58 heavy (non-hydrogen) atoms. The summed E-state index contributed by atoms with van der Waals surface area (Å²) in [6, 6.07) is 68.9. The van der Waals surface area contributed by atoms with Crippen molar-refractivity contribution in [2.75, 3.05) is 4.90 Å². The van der Waals surface area contributed by atoms with Crippen molar-refractivity contribution < 1.29 is 4.42 Å². The number of hydrogen-bond donors (Lipinski definition) is 0. The number of anilines is 3. The lowest BCUT2D eigenvalue weighted by Crippen LogP contribution is -2.14. The molecule has 2 aromatic heterocycles. The molecule has 0 saturated carbocycles. The molecule has 0 atom stereocenters. The lowest BCUT2D eigenvalue weighted by atomic mass is 9.81. The molecule has 2 nitrogen and oxygen atoms in total. The Morgan fingerprint density at radius 3 is 2.02 bits per heavy atom. The third-order valence-corrected chi connectivity index (χ3v) is 13.6. The van der Waals surface area contributed by atoms with Crippen LogP contribution in [0.3, 0.4) is 0 Å². The summed E-state index contributed by atoms with van der Waals surface area (Å²) in [5, 5.41) is 7.09. The Kier molecular flexibility index (Phi) is 7.18. The summed E-state index contributed by atoms with van der Waals surface area (Å²) < 4.78 is 9.65. The van der Waals surface area contributed by atoms with E-state index in [0.29, 0.717) is 0 Å². The normalized spacial score (nSPS) is 13.1. The van der Waals surface area contributed by atoms with E-state index < -0.39 is 0 Å². The molecule has 0 unspecified atom stereocenters. The van der Waals surface area contributed by atoms with Crippen LogP contribution in [0, 0.1) is 0 Å². The van der Waals surface area contributed by atoms with Gasteiger partial charge in [-0.05, 0) is 98.9 Å². The van der Waals surface area contributed by atoms with E-state index in [1.807, 2.05) is 11.3 Å². The van der Waals surface area contributed by atoms with Gasteiger partial charge in [0, 0.05) is 53.0 Å². The first-order valence-electron chi connectivity index (χ1n) is 20.0. The molecular formula is C55H37NOS. The van der Waals surface area contributed by atoms with Gasteiger partial charge < -0.3 is 9.32 Å². The fourth-order valence-electron chi connectivity index (χ4n) is 9.61. The van der Waals surface area contributed by atoms with Gasteiger partial charge in [-0.2, -0.15) is 0 Å². The third kappa shape index (κ3) is 4.90. The summed E-state index contributed by atoms with van der Waals surface area (Å²) >= 11 is 1.85. The highest BCUT2D eigenvalue weighted by Gasteiger charge is 2.35. The second-order valence-electron chi connectivity index (χ2n) is 16.1. The zero-order valence-corrected chi connectivity index (χ0v) is 33.0. The largest absolute Gasteiger partial charge is 0.453 e.